The second kappa shape index (κ2) is 10.0. The summed E-state index contributed by atoms with van der Waals surface area (Å²) in [4.78, 5) is 30.3. The summed E-state index contributed by atoms with van der Waals surface area (Å²) in [6, 6.07) is 12.7. The summed E-state index contributed by atoms with van der Waals surface area (Å²) >= 11 is 0. The van der Waals surface area contributed by atoms with Gasteiger partial charge >= 0.3 is 0 Å². The lowest BCUT2D eigenvalue weighted by atomic mass is 9.94. The number of amides is 1. The van der Waals surface area contributed by atoms with E-state index in [1.54, 1.807) is 11.0 Å². The molecule has 2 atom stereocenters. The number of nitrogens with zero attached hydrogens (tertiary/aromatic N) is 2. The molecule has 2 aromatic rings. The van der Waals surface area contributed by atoms with Gasteiger partial charge in [0.25, 0.3) is 11.7 Å². The highest BCUT2D eigenvalue weighted by Gasteiger charge is 2.45. The van der Waals surface area contributed by atoms with E-state index in [9.17, 15) is 14.7 Å². The molecule has 0 aliphatic carbocycles. The number of Topliss-reactive ketones (excluding diaryl/α,β-unsaturated/α-hetero) is 1. The predicted octanol–water partition coefficient (Wildman–Crippen LogP) is 4.47. The highest BCUT2D eigenvalue weighted by atomic mass is 16.5. The average molecular weight is 463 g/mol. The van der Waals surface area contributed by atoms with Crippen molar-refractivity contribution in [2.24, 2.45) is 0 Å². The maximum atomic E-state index is 13.2. The van der Waals surface area contributed by atoms with E-state index in [2.05, 4.69) is 18.7 Å². The van der Waals surface area contributed by atoms with Crippen molar-refractivity contribution in [3.05, 3.63) is 70.3 Å². The molecule has 4 rings (SSSR count). The number of rotatable bonds is 8. The lowest BCUT2D eigenvalue weighted by Gasteiger charge is -2.27. The van der Waals surface area contributed by atoms with Crippen LogP contribution >= 0.6 is 0 Å². The topological polar surface area (TPSA) is 70.1 Å². The Bertz CT molecular complexity index is 1100. The molecule has 1 amide bonds. The number of carbonyl (C=O) groups is 2. The molecule has 1 fully saturated rings. The van der Waals surface area contributed by atoms with E-state index in [4.69, 9.17) is 4.74 Å². The zero-order valence-corrected chi connectivity index (χ0v) is 20.5. The van der Waals surface area contributed by atoms with Gasteiger partial charge < -0.3 is 19.6 Å². The van der Waals surface area contributed by atoms with E-state index in [-0.39, 0.29) is 17.4 Å². The summed E-state index contributed by atoms with van der Waals surface area (Å²) in [5.41, 5.74) is 3.61. The molecule has 0 radical (unpaired) electrons. The van der Waals surface area contributed by atoms with E-state index in [1.807, 2.05) is 50.2 Å². The average Bonchev–Trinajstić information content (AvgIpc) is 3.32. The van der Waals surface area contributed by atoms with Crippen LogP contribution in [0.15, 0.2) is 48.0 Å². The van der Waals surface area contributed by atoms with E-state index >= 15 is 0 Å². The number of hydrogen-bond acceptors (Lipinski definition) is 5. The molecule has 0 saturated carbocycles. The quantitative estimate of drug-likeness (QED) is 0.356. The standard InChI is InChI=1S/C28H34N2O4/c1-5-29(6-2)14-7-15-30-25(20-10-8-18(3)9-11-20)24(27(32)28(30)33)26(31)21-12-13-23-22(17-21)16-19(4)34-23/h8-13,17,19,25,31H,5-7,14-16H2,1-4H3/b26-24+/t19-,25+/m1/s1. The maximum Gasteiger partial charge on any atom is 0.295 e. The number of fused-ring (bicyclic) bond motifs is 1. The number of benzene rings is 2. The summed E-state index contributed by atoms with van der Waals surface area (Å²) in [6.45, 7) is 11.4. The normalized spacial score (nSPS) is 21.3. The Morgan fingerprint density at radius 1 is 1.12 bits per heavy atom. The number of likely N-dealkylation sites (tertiary alicyclic amines) is 1. The van der Waals surface area contributed by atoms with E-state index < -0.39 is 17.7 Å². The fourth-order valence-electron chi connectivity index (χ4n) is 4.94. The third kappa shape index (κ3) is 4.60. The number of hydrogen-bond donors (Lipinski definition) is 1. The lowest BCUT2D eigenvalue weighted by Crippen LogP contribution is -2.33. The third-order valence-electron chi connectivity index (χ3n) is 6.87. The Labute approximate surface area is 201 Å². The van der Waals surface area contributed by atoms with Crippen molar-refractivity contribution in [1.29, 1.82) is 0 Å². The van der Waals surface area contributed by atoms with Gasteiger partial charge in [0.05, 0.1) is 11.6 Å². The first kappa shape index (κ1) is 24.0. The van der Waals surface area contributed by atoms with Crippen molar-refractivity contribution in [2.45, 2.75) is 52.7 Å². The molecule has 2 aromatic carbocycles. The fraction of sp³-hybridized carbons (Fsp3) is 0.429. The first-order valence-corrected chi connectivity index (χ1v) is 12.2. The van der Waals surface area contributed by atoms with Gasteiger partial charge in [-0.05, 0) is 69.2 Å². The fourth-order valence-corrected chi connectivity index (χ4v) is 4.94. The van der Waals surface area contributed by atoms with Gasteiger partial charge in [-0.3, -0.25) is 9.59 Å². The molecule has 1 saturated heterocycles. The Morgan fingerprint density at radius 3 is 2.50 bits per heavy atom. The number of aryl methyl sites for hydroxylation is 1. The van der Waals surface area contributed by atoms with Gasteiger partial charge in [0.1, 0.15) is 17.6 Å². The summed E-state index contributed by atoms with van der Waals surface area (Å²) < 4.78 is 5.77. The van der Waals surface area contributed by atoms with Gasteiger partial charge in [0, 0.05) is 18.5 Å². The molecular formula is C28H34N2O4. The highest BCUT2D eigenvalue weighted by molar-refractivity contribution is 6.46. The van der Waals surface area contributed by atoms with Gasteiger partial charge in [-0.15, -0.1) is 0 Å². The van der Waals surface area contributed by atoms with E-state index in [0.717, 1.165) is 54.9 Å². The van der Waals surface area contributed by atoms with Crippen LogP contribution in [-0.2, 0) is 16.0 Å². The SMILES string of the molecule is CCN(CC)CCCN1C(=O)C(=O)/C(=C(/O)c2ccc3c(c2)C[C@@H](C)O3)[C@@H]1c1ccc(C)cc1. The molecule has 34 heavy (non-hydrogen) atoms. The van der Waals surface area contributed by atoms with Crippen LogP contribution in [0, 0.1) is 6.92 Å². The van der Waals surface area contributed by atoms with Gasteiger partial charge in [0.15, 0.2) is 0 Å². The van der Waals surface area contributed by atoms with Crippen LogP contribution < -0.4 is 4.74 Å². The molecular weight excluding hydrogens is 428 g/mol. The van der Waals surface area contributed by atoms with Crippen LogP contribution in [0.25, 0.3) is 5.76 Å². The molecule has 1 N–H and O–H groups in total. The molecule has 0 spiro atoms. The predicted molar refractivity (Wildman–Crippen MR) is 133 cm³/mol. The van der Waals surface area contributed by atoms with Crippen molar-refractivity contribution in [3.8, 4) is 5.75 Å². The van der Waals surface area contributed by atoms with E-state index in [0.29, 0.717) is 12.1 Å². The van der Waals surface area contributed by atoms with Crippen molar-refractivity contribution in [1.82, 2.24) is 9.80 Å². The van der Waals surface area contributed by atoms with Crippen LogP contribution in [0.2, 0.25) is 0 Å². The minimum Gasteiger partial charge on any atom is -0.507 e. The van der Waals surface area contributed by atoms with Crippen LogP contribution in [0.4, 0.5) is 0 Å². The van der Waals surface area contributed by atoms with Crippen LogP contribution in [0.5, 0.6) is 5.75 Å². The monoisotopic (exact) mass is 462 g/mol. The highest BCUT2D eigenvalue weighted by Crippen LogP contribution is 2.40. The second-order valence-corrected chi connectivity index (χ2v) is 9.24. The zero-order chi connectivity index (χ0) is 24.4. The number of ether oxygens (including phenoxy) is 1. The Hall–Kier alpha value is -3.12. The van der Waals surface area contributed by atoms with Gasteiger partial charge in [-0.2, -0.15) is 0 Å². The molecule has 2 heterocycles. The van der Waals surface area contributed by atoms with Crippen LogP contribution in [0.1, 0.15) is 55.5 Å². The third-order valence-corrected chi connectivity index (χ3v) is 6.87. The summed E-state index contributed by atoms with van der Waals surface area (Å²) in [6.07, 6.45) is 1.58. The molecule has 0 aromatic heterocycles. The molecule has 2 aliphatic heterocycles. The molecule has 2 aliphatic rings. The first-order valence-electron chi connectivity index (χ1n) is 12.2. The minimum absolute atomic E-state index is 0.0799. The summed E-state index contributed by atoms with van der Waals surface area (Å²) in [7, 11) is 0. The van der Waals surface area contributed by atoms with Crippen LogP contribution in [-0.4, -0.2) is 58.9 Å². The molecule has 0 bridgehead atoms. The van der Waals surface area contributed by atoms with E-state index in [1.165, 1.54) is 0 Å². The number of ketones is 1. The van der Waals surface area contributed by atoms with Gasteiger partial charge in [0.2, 0.25) is 0 Å². The number of carbonyl (C=O) groups excluding carboxylic acids is 2. The smallest absolute Gasteiger partial charge is 0.295 e. The van der Waals surface area contributed by atoms with Crippen molar-refractivity contribution < 1.29 is 19.4 Å². The maximum absolute atomic E-state index is 13.2. The molecule has 0 unspecified atom stereocenters. The number of aliphatic hydroxyl groups is 1. The Morgan fingerprint density at radius 2 is 1.82 bits per heavy atom. The Balaban J connectivity index is 1.72. The lowest BCUT2D eigenvalue weighted by molar-refractivity contribution is -0.140. The minimum atomic E-state index is -0.629. The first-order chi connectivity index (χ1) is 16.3. The molecule has 6 nitrogen and oxygen atoms in total. The van der Waals surface area contributed by atoms with Crippen molar-refractivity contribution >= 4 is 17.4 Å². The summed E-state index contributed by atoms with van der Waals surface area (Å²) in [5.74, 6) is -0.505. The summed E-state index contributed by atoms with van der Waals surface area (Å²) in [5, 5.41) is 11.3. The van der Waals surface area contributed by atoms with Gasteiger partial charge in [-0.25, -0.2) is 0 Å². The molecule has 180 valence electrons. The zero-order valence-electron chi connectivity index (χ0n) is 20.5. The van der Waals surface area contributed by atoms with Crippen molar-refractivity contribution in [2.75, 3.05) is 26.2 Å². The largest absolute Gasteiger partial charge is 0.507 e. The van der Waals surface area contributed by atoms with Crippen LogP contribution in [0.3, 0.4) is 0 Å². The van der Waals surface area contributed by atoms with Crippen molar-refractivity contribution in [3.63, 3.8) is 0 Å². The molecule has 6 heteroatoms. The second-order valence-electron chi connectivity index (χ2n) is 9.24. The Kier molecular flexibility index (Phi) is 7.08. The van der Waals surface area contributed by atoms with Gasteiger partial charge in [-0.1, -0.05) is 43.7 Å². The number of aliphatic hydroxyl groups excluding tert-OH is 1.